The van der Waals surface area contributed by atoms with Crippen LogP contribution in [0.3, 0.4) is 0 Å². The van der Waals surface area contributed by atoms with Crippen molar-refractivity contribution in [3.8, 4) is 0 Å². The smallest absolute Gasteiger partial charge is 0.0893 e. The van der Waals surface area contributed by atoms with E-state index in [0.717, 1.165) is 12.2 Å². The zero-order chi connectivity index (χ0) is 7.40. The molecule has 0 aromatic carbocycles. The fraction of sp³-hybridized carbons (Fsp3) is 0.667. The number of nitrogens with zero attached hydrogens (tertiary/aromatic N) is 3. The predicted octanol–water partition coefficient (Wildman–Crippen LogP) is 1.99. The molecule has 10 heavy (non-hydrogen) atoms. The van der Waals surface area contributed by atoms with Crippen LogP contribution in [0.25, 0.3) is 10.4 Å². The van der Waals surface area contributed by atoms with E-state index in [1.165, 1.54) is 0 Å². The summed E-state index contributed by atoms with van der Waals surface area (Å²) in [5, 5.41) is 3.56. The average molecular weight is 139 g/mol. The van der Waals surface area contributed by atoms with Crippen LogP contribution in [0.5, 0.6) is 0 Å². The predicted molar refractivity (Wildman–Crippen MR) is 37.3 cm³/mol. The van der Waals surface area contributed by atoms with Gasteiger partial charge in [-0.1, -0.05) is 5.11 Å². The lowest BCUT2D eigenvalue weighted by atomic mass is 10.2. The Kier molecular flexibility index (Phi) is 2.18. The summed E-state index contributed by atoms with van der Waals surface area (Å²) in [5.74, 6) is 0.851. The maximum atomic E-state index is 8.09. The molecule has 0 aromatic heterocycles. The van der Waals surface area contributed by atoms with Gasteiger partial charge in [-0.05, 0) is 25.0 Å². The van der Waals surface area contributed by atoms with Crippen LogP contribution in [-0.4, -0.2) is 12.6 Å². The first-order chi connectivity index (χ1) is 4.83. The lowest BCUT2D eigenvalue weighted by Crippen LogP contribution is -2.11. The Morgan fingerprint density at radius 1 is 1.90 bits per heavy atom. The van der Waals surface area contributed by atoms with Gasteiger partial charge in [0, 0.05) is 4.91 Å². The lowest BCUT2D eigenvalue weighted by Gasteiger charge is -2.15. The number of ether oxygens (including phenoxy) is 1. The van der Waals surface area contributed by atoms with Gasteiger partial charge in [-0.15, -0.1) is 0 Å². The van der Waals surface area contributed by atoms with Crippen LogP contribution >= 0.6 is 0 Å². The Hall–Kier alpha value is -1.15. The molecule has 0 saturated heterocycles. The van der Waals surface area contributed by atoms with Crippen molar-refractivity contribution in [1.82, 2.24) is 0 Å². The zero-order valence-electron chi connectivity index (χ0n) is 5.82. The third-order valence-electron chi connectivity index (χ3n) is 1.37. The molecule has 1 unspecified atom stereocenters. The Balaban J connectivity index is 2.61. The van der Waals surface area contributed by atoms with E-state index in [2.05, 4.69) is 10.0 Å². The van der Waals surface area contributed by atoms with E-state index in [0.29, 0.717) is 6.61 Å². The van der Waals surface area contributed by atoms with Crippen molar-refractivity contribution in [3.05, 3.63) is 22.3 Å². The molecular weight excluding hydrogens is 130 g/mol. The highest BCUT2D eigenvalue weighted by Crippen LogP contribution is 2.12. The molecular formula is C6H9N3O. The van der Waals surface area contributed by atoms with E-state index in [-0.39, 0.29) is 6.04 Å². The third kappa shape index (κ3) is 1.67. The zero-order valence-corrected chi connectivity index (χ0v) is 5.82. The number of azide groups is 1. The molecule has 0 aliphatic carbocycles. The van der Waals surface area contributed by atoms with Crippen molar-refractivity contribution in [3.63, 3.8) is 0 Å². The van der Waals surface area contributed by atoms with Gasteiger partial charge >= 0.3 is 0 Å². The summed E-state index contributed by atoms with van der Waals surface area (Å²) in [6.07, 6.45) is 2.63. The van der Waals surface area contributed by atoms with Crippen LogP contribution < -0.4 is 0 Å². The summed E-state index contributed by atoms with van der Waals surface area (Å²) in [6, 6.07) is -0.00116. The van der Waals surface area contributed by atoms with Crippen LogP contribution in [0, 0.1) is 0 Å². The first kappa shape index (κ1) is 6.96. The molecule has 1 aliphatic heterocycles. The molecule has 0 amide bonds. The molecule has 1 heterocycles. The van der Waals surface area contributed by atoms with Gasteiger partial charge in [-0.2, -0.15) is 0 Å². The van der Waals surface area contributed by atoms with Gasteiger partial charge in [0.1, 0.15) is 0 Å². The molecule has 0 bridgehead atoms. The maximum absolute atomic E-state index is 8.09. The minimum absolute atomic E-state index is 0.00116. The van der Waals surface area contributed by atoms with Gasteiger partial charge in [-0.25, -0.2) is 0 Å². The minimum atomic E-state index is -0.00116. The lowest BCUT2D eigenvalue weighted by molar-refractivity contribution is 0.189. The second-order valence-electron chi connectivity index (χ2n) is 2.19. The summed E-state index contributed by atoms with van der Waals surface area (Å²) in [4.78, 5) is 2.72. The van der Waals surface area contributed by atoms with E-state index in [4.69, 9.17) is 10.3 Å². The number of allylic oxidation sites excluding steroid dienone is 1. The van der Waals surface area contributed by atoms with Gasteiger partial charge in [0.2, 0.25) is 0 Å². The molecule has 54 valence electrons. The van der Waals surface area contributed by atoms with Crippen LogP contribution in [0.1, 0.15) is 13.3 Å². The van der Waals surface area contributed by atoms with Crippen molar-refractivity contribution in [1.29, 1.82) is 0 Å². The van der Waals surface area contributed by atoms with Gasteiger partial charge in [0.15, 0.2) is 0 Å². The standard InChI is InChI=1S/C6H9N3O/c1-5-4-6(8-9-7)2-3-10-5/h4,6H,2-3H2,1H3. The molecule has 0 aromatic rings. The molecule has 1 atom stereocenters. The number of hydrogen-bond acceptors (Lipinski definition) is 2. The number of rotatable bonds is 1. The molecule has 0 radical (unpaired) electrons. The van der Waals surface area contributed by atoms with Crippen molar-refractivity contribution >= 4 is 0 Å². The van der Waals surface area contributed by atoms with Crippen molar-refractivity contribution in [2.75, 3.05) is 6.61 Å². The van der Waals surface area contributed by atoms with E-state index in [1.807, 2.05) is 13.0 Å². The molecule has 0 N–H and O–H groups in total. The summed E-state index contributed by atoms with van der Waals surface area (Å²) in [5.41, 5.74) is 8.09. The highest BCUT2D eigenvalue weighted by atomic mass is 16.5. The maximum Gasteiger partial charge on any atom is 0.0893 e. The summed E-state index contributed by atoms with van der Waals surface area (Å²) < 4.78 is 5.13. The van der Waals surface area contributed by atoms with Gasteiger partial charge < -0.3 is 4.74 Å². The molecule has 0 spiro atoms. The first-order valence-electron chi connectivity index (χ1n) is 3.18. The Bertz CT molecular complexity index is 193. The fourth-order valence-electron chi connectivity index (χ4n) is 0.900. The number of hydrogen-bond donors (Lipinski definition) is 0. The normalized spacial score (nSPS) is 24.1. The topological polar surface area (TPSA) is 58.0 Å². The molecule has 1 aliphatic rings. The van der Waals surface area contributed by atoms with E-state index < -0.39 is 0 Å². The second kappa shape index (κ2) is 3.13. The van der Waals surface area contributed by atoms with Crippen LogP contribution in [0.2, 0.25) is 0 Å². The van der Waals surface area contributed by atoms with Crippen molar-refractivity contribution < 1.29 is 4.74 Å². The van der Waals surface area contributed by atoms with Crippen LogP contribution in [0.4, 0.5) is 0 Å². The minimum Gasteiger partial charge on any atom is -0.499 e. The molecule has 4 heteroatoms. The van der Waals surface area contributed by atoms with Gasteiger partial charge in [0.25, 0.3) is 0 Å². The Labute approximate surface area is 59.1 Å². The molecule has 4 nitrogen and oxygen atoms in total. The third-order valence-corrected chi connectivity index (χ3v) is 1.37. The molecule has 0 saturated carbocycles. The van der Waals surface area contributed by atoms with Gasteiger partial charge in [-0.3, -0.25) is 0 Å². The van der Waals surface area contributed by atoms with Crippen molar-refractivity contribution in [2.24, 2.45) is 5.11 Å². The first-order valence-corrected chi connectivity index (χ1v) is 3.18. The summed E-state index contributed by atoms with van der Waals surface area (Å²) in [7, 11) is 0. The highest BCUT2D eigenvalue weighted by Gasteiger charge is 2.08. The summed E-state index contributed by atoms with van der Waals surface area (Å²) >= 11 is 0. The Morgan fingerprint density at radius 3 is 3.30 bits per heavy atom. The van der Waals surface area contributed by atoms with Crippen LogP contribution in [0.15, 0.2) is 16.9 Å². The highest BCUT2D eigenvalue weighted by molar-refractivity contribution is 5.00. The fourth-order valence-corrected chi connectivity index (χ4v) is 0.900. The van der Waals surface area contributed by atoms with Crippen molar-refractivity contribution in [2.45, 2.75) is 19.4 Å². The molecule has 1 rings (SSSR count). The monoisotopic (exact) mass is 139 g/mol. The van der Waals surface area contributed by atoms with E-state index >= 15 is 0 Å². The van der Waals surface area contributed by atoms with E-state index in [1.54, 1.807) is 0 Å². The van der Waals surface area contributed by atoms with Gasteiger partial charge in [0.05, 0.1) is 18.4 Å². The summed E-state index contributed by atoms with van der Waals surface area (Å²) in [6.45, 7) is 2.52. The average Bonchev–Trinajstić information content (AvgIpc) is 1.88. The second-order valence-corrected chi connectivity index (χ2v) is 2.19. The SMILES string of the molecule is CC1=CC(N=[N+]=[N-])CCO1. The van der Waals surface area contributed by atoms with Crippen LogP contribution in [-0.2, 0) is 4.74 Å². The quantitative estimate of drug-likeness (QED) is 0.311. The Morgan fingerprint density at radius 2 is 2.70 bits per heavy atom. The van der Waals surface area contributed by atoms with E-state index in [9.17, 15) is 0 Å². The molecule has 0 fully saturated rings. The largest absolute Gasteiger partial charge is 0.499 e.